The van der Waals surface area contributed by atoms with Crippen LogP contribution in [0.15, 0.2) is 41.3 Å². The van der Waals surface area contributed by atoms with E-state index in [9.17, 15) is 8.42 Å². The number of anilines is 1. The van der Waals surface area contributed by atoms with Crippen molar-refractivity contribution in [3.05, 3.63) is 42.0 Å². The van der Waals surface area contributed by atoms with Gasteiger partial charge >= 0.3 is 0 Å². The molecular formula is C19H24N2O5S. The Bertz CT molecular complexity index is 914. The van der Waals surface area contributed by atoms with E-state index in [1.807, 2.05) is 24.1 Å². The van der Waals surface area contributed by atoms with Crippen LogP contribution in [0.2, 0.25) is 0 Å². The predicted molar refractivity (Wildman–Crippen MR) is 104 cm³/mol. The van der Waals surface area contributed by atoms with Gasteiger partial charge in [-0.15, -0.1) is 0 Å². The molecule has 1 aliphatic rings. The third kappa shape index (κ3) is 4.28. The standard InChI is InChI=1S/C19H24N2O5S/c1-21-10-11-26-18-13-15(5-6-16(18)21)27(22,23)20-9-8-14-4-7-17(24-2)19(12-14)25-3/h4-7,12-13,20H,8-11H2,1-3H3. The molecule has 0 saturated heterocycles. The lowest BCUT2D eigenvalue weighted by molar-refractivity contribution is 0.310. The first-order valence-corrected chi connectivity index (χ1v) is 10.1. The van der Waals surface area contributed by atoms with Crippen molar-refractivity contribution in [3.8, 4) is 17.2 Å². The molecule has 0 atom stereocenters. The van der Waals surface area contributed by atoms with Gasteiger partial charge < -0.3 is 19.1 Å². The molecule has 0 amide bonds. The first-order chi connectivity index (χ1) is 12.9. The highest BCUT2D eigenvalue weighted by Gasteiger charge is 2.20. The topological polar surface area (TPSA) is 77.1 Å². The van der Waals surface area contributed by atoms with Gasteiger partial charge in [0.25, 0.3) is 0 Å². The highest BCUT2D eigenvalue weighted by molar-refractivity contribution is 7.89. The zero-order valence-electron chi connectivity index (χ0n) is 15.7. The van der Waals surface area contributed by atoms with E-state index in [1.54, 1.807) is 38.5 Å². The summed E-state index contributed by atoms with van der Waals surface area (Å²) in [6.07, 6.45) is 0.532. The van der Waals surface area contributed by atoms with Gasteiger partial charge in [-0.2, -0.15) is 0 Å². The van der Waals surface area contributed by atoms with Crippen molar-refractivity contribution < 1.29 is 22.6 Å². The molecular weight excluding hydrogens is 368 g/mol. The van der Waals surface area contributed by atoms with Gasteiger partial charge in [0, 0.05) is 19.7 Å². The number of ether oxygens (including phenoxy) is 3. The van der Waals surface area contributed by atoms with Crippen molar-refractivity contribution in [1.82, 2.24) is 4.72 Å². The van der Waals surface area contributed by atoms with Gasteiger partial charge in [0.2, 0.25) is 10.0 Å². The summed E-state index contributed by atoms with van der Waals surface area (Å²) < 4.78 is 43.9. The molecule has 3 rings (SSSR count). The Hall–Kier alpha value is -2.45. The van der Waals surface area contributed by atoms with Gasteiger partial charge in [-0.1, -0.05) is 6.07 Å². The second kappa shape index (κ2) is 8.06. The molecule has 8 heteroatoms. The molecule has 0 spiro atoms. The summed E-state index contributed by atoms with van der Waals surface area (Å²) in [5.74, 6) is 1.85. The minimum absolute atomic E-state index is 0.198. The summed E-state index contributed by atoms with van der Waals surface area (Å²) >= 11 is 0. The van der Waals surface area contributed by atoms with E-state index in [1.165, 1.54) is 0 Å². The van der Waals surface area contributed by atoms with E-state index >= 15 is 0 Å². The SMILES string of the molecule is COc1ccc(CCNS(=O)(=O)c2ccc3c(c2)OCCN3C)cc1OC. The Morgan fingerprint density at radius 2 is 1.89 bits per heavy atom. The number of nitrogens with one attached hydrogen (secondary N) is 1. The van der Waals surface area contributed by atoms with Gasteiger partial charge in [0.1, 0.15) is 12.4 Å². The summed E-state index contributed by atoms with van der Waals surface area (Å²) in [5, 5.41) is 0. The lowest BCUT2D eigenvalue weighted by atomic mass is 10.1. The molecule has 0 unspecified atom stereocenters. The molecule has 0 bridgehead atoms. The van der Waals surface area contributed by atoms with Gasteiger partial charge in [0.05, 0.1) is 31.3 Å². The molecule has 1 aliphatic heterocycles. The fourth-order valence-corrected chi connectivity index (χ4v) is 4.00. The first kappa shape index (κ1) is 19.3. The van der Waals surface area contributed by atoms with Gasteiger partial charge in [0.15, 0.2) is 11.5 Å². The van der Waals surface area contributed by atoms with E-state index in [4.69, 9.17) is 14.2 Å². The largest absolute Gasteiger partial charge is 0.493 e. The Balaban J connectivity index is 1.67. The number of hydrogen-bond donors (Lipinski definition) is 1. The molecule has 0 aromatic heterocycles. The fraction of sp³-hybridized carbons (Fsp3) is 0.368. The maximum Gasteiger partial charge on any atom is 0.240 e. The zero-order valence-corrected chi connectivity index (χ0v) is 16.5. The molecule has 146 valence electrons. The quantitative estimate of drug-likeness (QED) is 0.777. The molecule has 7 nitrogen and oxygen atoms in total. The van der Waals surface area contributed by atoms with Crippen LogP contribution in [0.25, 0.3) is 0 Å². The maximum absolute atomic E-state index is 12.6. The molecule has 2 aromatic rings. The molecule has 0 saturated carbocycles. The number of likely N-dealkylation sites (N-methyl/N-ethyl adjacent to an activating group) is 1. The predicted octanol–water partition coefficient (Wildman–Crippen LogP) is 2.05. The summed E-state index contributed by atoms with van der Waals surface area (Å²) in [7, 11) is 1.49. The summed E-state index contributed by atoms with van der Waals surface area (Å²) in [6, 6.07) is 10.5. The van der Waals surface area contributed by atoms with Gasteiger partial charge in [-0.3, -0.25) is 0 Å². The number of rotatable bonds is 7. The van der Waals surface area contributed by atoms with Crippen molar-refractivity contribution in [3.63, 3.8) is 0 Å². The van der Waals surface area contributed by atoms with Crippen LogP contribution in [0, 0.1) is 0 Å². The van der Waals surface area contributed by atoms with Crippen molar-refractivity contribution in [2.75, 3.05) is 45.9 Å². The van der Waals surface area contributed by atoms with Crippen LogP contribution >= 0.6 is 0 Å². The van der Waals surface area contributed by atoms with E-state index < -0.39 is 10.0 Å². The van der Waals surface area contributed by atoms with Gasteiger partial charge in [-0.05, 0) is 36.2 Å². The van der Waals surface area contributed by atoms with Crippen LogP contribution in [0.3, 0.4) is 0 Å². The van der Waals surface area contributed by atoms with Crippen LogP contribution in [0.1, 0.15) is 5.56 Å². The van der Waals surface area contributed by atoms with E-state index in [0.717, 1.165) is 17.8 Å². The fourth-order valence-electron chi connectivity index (χ4n) is 2.95. The second-order valence-electron chi connectivity index (χ2n) is 6.24. The van der Waals surface area contributed by atoms with Crippen LogP contribution in [-0.4, -0.2) is 49.4 Å². The molecule has 0 fully saturated rings. The average molecular weight is 392 g/mol. The molecule has 1 N–H and O–H groups in total. The summed E-state index contributed by atoms with van der Waals surface area (Å²) in [6.45, 7) is 1.60. The summed E-state index contributed by atoms with van der Waals surface area (Å²) in [4.78, 5) is 2.24. The smallest absolute Gasteiger partial charge is 0.240 e. The van der Waals surface area contributed by atoms with Crippen LogP contribution < -0.4 is 23.8 Å². The number of hydrogen-bond acceptors (Lipinski definition) is 6. The van der Waals surface area contributed by atoms with Crippen LogP contribution in [0.4, 0.5) is 5.69 Å². The highest BCUT2D eigenvalue weighted by atomic mass is 32.2. The van der Waals surface area contributed by atoms with Crippen molar-refractivity contribution in [2.45, 2.75) is 11.3 Å². The molecule has 27 heavy (non-hydrogen) atoms. The van der Waals surface area contributed by atoms with Gasteiger partial charge in [-0.25, -0.2) is 13.1 Å². The first-order valence-electron chi connectivity index (χ1n) is 8.63. The number of methoxy groups -OCH3 is 2. The monoisotopic (exact) mass is 392 g/mol. The van der Waals surface area contributed by atoms with Crippen molar-refractivity contribution in [2.24, 2.45) is 0 Å². The Morgan fingerprint density at radius 1 is 1.11 bits per heavy atom. The summed E-state index contributed by atoms with van der Waals surface area (Å²) in [5.41, 5.74) is 1.84. The average Bonchev–Trinajstić information content (AvgIpc) is 2.67. The number of fused-ring (bicyclic) bond motifs is 1. The van der Waals surface area contributed by atoms with Crippen LogP contribution in [0.5, 0.6) is 17.2 Å². The second-order valence-corrected chi connectivity index (χ2v) is 8.00. The van der Waals surface area contributed by atoms with Crippen molar-refractivity contribution >= 4 is 15.7 Å². The van der Waals surface area contributed by atoms with Crippen LogP contribution in [-0.2, 0) is 16.4 Å². The lowest BCUT2D eigenvalue weighted by Gasteiger charge is -2.27. The lowest BCUT2D eigenvalue weighted by Crippen LogP contribution is -2.29. The zero-order chi connectivity index (χ0) is 19.4. The maximum atomic E-state index is 12.6. The number of nitrogens with zero attached hydrogens (tertiary/aromatic N) is 1. The van der Waals surface area contributed by atoms with E-state index in [2.05, 4.69) is 4.72 Å². The number of sulfonamides is 1. The van der Waals surface area contributed by atoms with E-state index in [0.29, 0.717) is 30.3 Å². The third-order valence-electron chi connectivity index (χ3n) is 4.49. The number of benzene rings is 2. The normalized spacial score (nSPS) is 13.7. The van der Waals surface area contributed by atoms with Crippen molar-refractivity contribution in [1.29, 1.82) is 0 Å². The highest BCUT2D eigenvalue weighted by Crippen LogP contribution is 2.32. The Morgan fingerprint density at radius 3 is 2.63 bits per heavy atom. The molecule has 2 aromatic carbocycles. The molecule has 0 radical (unpaired) electrons. The molecule has 1 heterocycles. The molecule has 0 aliphatic carbocycles. The van der Waals surface area contributed by atoms with E-state index in [-0.39, 0.29) is 11.4 Å². The Labute approximate surface area is 159 Å². The minimum atomic E-state index is -3.61. The Kier molecular flexibility index (Phi) is 5.76. The third-order valence-corrected chi connectivity index (χ3v) is 5.95. The minimum Gasteiger partial charge on any atom is -0.493 e.